The number of carbonyl (C=O) groups excluding carboxylic acids is 1. The van der Waals surface area contributed by atoms with Gasteiger partial charge in [0, 0.05) is 10.9 Å². The summed E-state index contributed by atoms with van der Waals surface area (Å²) >= 11 is 5.01. The van der Waals surface area contributed by atoms with Gasteiger partial charge in [0.15, 0.2) is 0 Å². The van der Waals surface area contributed by atoms with E-state index in [1.54, 1.807) is 0 Å². The van der Waals surface area contributed by atoms with E-state index in [9.17, 15) is 9.90 Å². The molecule has 1 atom stereocenters. The summed E-state index contributed by atoms with van der Waals surface area (Å²) in [6.45, 7) is 8.82. The Morgan fingerprint density at radius 3 is 2.81 bits per heavy atom. The van der Waals surface area contributed by atoms with Crippen molar-refractivity contribution in [2.45, 2.75) is 45.6 Å². The number of aliphatic imine (C=N–C) groups is 1. The Hall–Kier alpha value is -2.41. The molecule has 2 aliphatic heterocycles. The number of nitrogens with one attached hydrogen (secondary N) is 1. The lowest BCUT2D eigenvalue weighted by Crippen LogP contribution is -2.31. The van der Waals surface area contributed by atoms with Gasteiger partial charge in [0.25, 0.3) is 5.91 Å². The molecule has 0 radical (unpaired) electrons. The first-order valence-corrected chi connectivity index (χ1v) is 9.14. The third kappa shape index (κ3) is 2.26. The van der Waals surface area contributed by atoms with Gasteiger partial charge in [-0.05, 0) is 63.0 Å². The highest BCUT2D eigenvalue weighted by atomic mass is 32.1. The monoisotopic (exact) mass is 371 g/mol. The van der Waals surface area contributed by atoms with E-state index in [0.29, 0.717) is 18.1 Å². The maximum Gasteiger partial charge on any atom is 0.277 e. The molecule has 0 saturated carbocycles. The predicted molar refractivity (Wildman–Crippen MR) is 104 cm³/mol. The predicted octanol–water partition coefficient (Wildman–Crippen LogP) is 3.19. The van der Waals surface area contributed by atoms with Crippen molar-refractivity contribution in [2.24, 2.45) is 4.99 Å². The van der Waals surface area contributed by atoms with Crippen LogP contribution >= 0.6 is 12.2 Å². The number of nitrogens with zero attached hydrogens (tertiary/aromatic N) is 2. The van der Waals surface area contributed by atoms with Crippen LogP contribution in [0.3, 0.4) is 0 Å². The molecule has 3 heterocycles. The van der Waals surface area contributed by atoms with Crippen LogP contribution in [0.15, 0.2) is 17.1 Å². The number of aromatic nitrogens is 1. The molecule has 4 rings (SSSR count). The number of rotatable bonds is 3. The zero-order valence-electron chi connectivity index (χ0n) is 15.2. The van der Waals surface area contributed by atoms with Crippen LogP contribution in [-0.2, 0) is 10.3 Å². The quantitative estimate of drug-likeness (QED) is 0.813. The highest BCUT2D eigenvalue weighted by Gasteiger charge is 2.39. The summed E-state index contributed by atoms with van der Waals surface area (Å²) in [6, 6.07) is 3.91. The smallest absolute Gasteiger partial charge is 0.277 e. The molecule has 7 heteroatoms. The Bertz CT molecular complexity index is 1000. The van der Waals surface area contributed by atoms with Crippen LogP contribution in [-0.4, -0.2) is 33.0 Å². The number of hydrogen-bond acceptors (Lipinski definition) is 4. The van der Waals surface area contributed by atoms with Crippen LogP contribution in [0.5, 0.6) is 11.6 Å². The Balaban J connectivity index is 2.13. The molecule has 6 nitrogen and oxygen atoms in total. The number of aromatic hydroxyl groups is 1. The molecular weight excluding hydrogens is 350 g/mol. The molecule has 0 unspecified atom stereocenters. The minimum absolute atomic E-state index is 0.0467. The lowest BCUT2D eigenvalue weighted by Gasteiger charge is -2.37. The van der Waals surface area contributed by atoms with Gasteiger partial charge in [0.2, 0.25) is 11.0 Å². The molecule has 26 heavy (non-hydrogen) atoms. The summed E-state index contributed by atoms with van der Waals surface area (Å²) in [6.07, 6.45) is 0.865. The first kappa shape index (κ1) is 17.0. The number of ether oxygens (including phenoxy) is 1. The minimum atomic E-state index is -0.391. The molecule has 0 fully saturated rings. The molecule has 136 valence electrons. The number of benzene rings is 1. The van der Waals surface area contributed by atoms with E-state index in [-0.39, 0.29) is 22.2 Å². The van der Waals surface area contributed by atoms with E-state index in [4.69, 9.17) is 17.0 Å². The van der Waals surface area contributed by atoms with Crippen molar-refractivity contribution in [2.75, 3.05) is 6.61 Å². The van der Waals surface area contributed by atoms with Crippen molar-refractivity contribution in [1.82, 2.24) is 9.88 Å². The van der Waals surface area contributed by atoms with Gasteiger partial charge in [0.05, 0.1) is 17.7 Å². The van der Waals surface area contributed by atoms with Gasteiger partial charge in [-0.25, -0.2) is 4.99 Å². The van der Waals surface area contributed by atoms with Gasteiger partial charge < -0.3 is 14.4 Å². The number of carbonyl (C=O) groups is 1. The number of amides is 1. The third-order valence-electron chi connectivity index (χ3n) is 5.18. The van der Waals surface area contributed by atoms with Crippen molar-refractivity contribution in [1.29, 1.82) is 0 Å². The Morgan fingerprint density at radius 1 is 1.46 bits per heavy atom. The normalized spacial score (nSPS) is 21.1. The van der Waals surface area contributed by atoms with Gasteiger partial charge in [-0.2, -0.15) is 0 Å². The summed E-state index contributed by atoms with van der Waals surface area (Å²) in [5.41, 5.74) is 2.31. The standard InChI is InChI=1S/C19H21N3O3S/c1-5-25-10-6-11-9(2)8-19(3,4)22-15(11)12(7-10)13(17(22)24)14-16(23)21-18(26)20-14/h6-7,9,24H,5,8H2,1-4H3,(H,21,23,26)/t9-/m1/s1. The fraction of sp³-hybridized carbons (Fsp3) is 0.421. The molecule has 1 aromatic heterocycles. The summed E-state index contributed by atoms with van der Waals surface area (Å²) < 4.78 is 7.66. The van der Waals surface area contributed by atoms with Crippen LogP contribution < -0.4 is 10.1 Å². The van der Waals surface area contributed by atoms with Crippen molar-refractivity contribution in [3.05, 3.63) is 23.3 Å². The van der Waals surface area contributed by atoms with Crippen LogP contribution in [0.2, 0.25) is 0 Å². The van der Waals surface area contributed by atoms with E-state index in [1.165, 1.54) is 0 Å². The zero-order chi connectivity index (χ0) is 18.8. The van der Waals surface area contributed by atoms with Crippen molar-refractivity contribution < 1.29 is 14.6 Å². The molecule has 2 aromatic rings. The second-order valence-corrected chi connectivity index (χ2v) is 7.90. The Labute approximate surface area is 156 Å². The Morgan fingerprint density at radius 2 is 2.19 bits per heavy atom. The molecular formula is C19H21N3O3S. The molecule has 0 saturated heterocycles. The summed E-state index contributed by atoms with van der Waals surface area (Å²) in [5, 5.41) is 14.5. The van der Waals surface area contributed by atoms with Crippen LogP contribution in [0, 0.1) is 0 Å². The lowest BCUT2D eigenvalue weighted by molar-refractivity contribution is -0.113. The Kier molecular flexibility index (Phi) is 3.63. The fourth-order valence-corrected chi connectivity index (χ4v) is 4.50. The molecule has 2 N–H and O–H groups in total. The van der Waals surface area contributed by atoms with Gasteiger partial charge in [-0.15, -0.1) is 0 Å². The SMILES string of the molecule is CCOc1cc2c3c(c1)c(C1=NC(=S)NC1=O)c(O)n3C(C)(C)C[C@H]2C. The molecule has 0 aliphatic carbocycles. The zero-order valence-corrected chi connectivity index (χ0v) is 16.0. The van der Waals surface area contributed by atoms with Gasteiger partial charge >= 0.3 is 0 Å². The summed E-state index contributed by atoms with van der Waals surface area (Å²) in [5.74, 6) is 0.674. The van der Waals surface area contributed by atoms with Gasteiger partial charge in [-0.3, -0.25) is 10.1 Å². The van der Waals surface area contributed by atoms with E-state index >= 15 is 0 Å². The average molecular weight is 371 g/mol. The van der Waals surface area contributed by atoms with Crippen molar-refractivity contribution in [3.8, 4) is 11.6 Å². The second-order valence-electron chi connectivity index (χ2n) is 7.51. The molecule has 1 amide bonds. The van der Waals surface area contributed by atoms with Crippen LogP contribution in [0.1, 0.15) is 51.2 Å². The highest BCUT2D eigenvalue weighted by Crippen LogP contribution is 2.49. The second kappa shape index (κ2) is 5.54. The van der Waals surface area contributed by atoms with Crippen molar-refractivity contribution >= 4 is 39.9 Å². The van der Waals surface area contributed by atoms with Crippen LogP contribution in [0.4, 0.5) is 0 Å². The van der Waals surface area contributed by atoms with Crippen molar-refractivity contribution in [3.63, 3.8) is 0 Å². The van der Waals surface area contributed by atoms with Gasteiger partial charge in [0.1, 0.15) is 11.5 Å². The number of hydrogen-bond donors (Lipinski definition) is 2. The fourth-order valence-electron chi connectivity index (χ4n) is 4.31. The van der Waals surface area contributed by atoms with E-state index in [0.717, 1.165) is 28.6 Å². The maximum atomic E-state index is 12.3. The van der Waals surface area contributed by atoms with E-state index in [1.807, 2.05) is 23.6 Å². The van der Waals surface area contributed by atoms with E-state index in [2.05, 4.69) is 31.1 Å². The summed E-state index contributed by atoms with van der Waals surface area (Å²) in [7, 11) is 0. The highest BCUT2D eigenvalue weighted by molar-refractivity contribution is 7.80. The topological polar surface area (TPSA) is 75.8 Å². The third-order valence-corrected chi connectivity index (χ3v) is 5.37. The summed E-state index contributed by atoms with van der Waals surface area (Å²) in [4.78, 5) is 16.5. The molecule has 2 aliphatic rings. The molecule has 0 spiro atoms. The molecule has 1 aromatic carbocycles. The van der Waals surface area contributed by atoms with Crippen LogP contribution in [0.25, 0.3) is 10.9 Å². The first-order chi connectivity index (χ1) is 12.2. The first-order valence-electron chi connectivity index (χ1n) is 8.73. The largest absolute Gasteiger partial charge is 0.494 e. The molecule has 0 bridgehead atoms. The number of thiocarbonyl (C=S) groups is 1. The van der Waals surface area contributed by atoms with E-state index < -0.39 is 5.91 Å². The lowest BCUT2D eigenvalue weighted by atomic mass is 9.82. The minimum Gasteiger partial charge on any atom is -0.494 e. The van der Waals surface area contributed by atoms with Gasteiger partial charge in [-0.1, -0.05) is 6.92 Å². The average Bonchev–Trinajstić information content (AvgIpc) is 3.01. The maximum absolute atomic E-state index is 12.3.